The van der Waals surface area contributed by atoms with Gasteiger partial charge in [0.15, 0.2) is 0 Å². The molecule has 2 aromatic rings. The fourth-order valence-electron chi connectivity index (χ4n) is 1.96. The Morgan fingerprint density at radius 1 is 1.18 bits per heavy atom. The first-order chi connectivity index (χ1) is 10.3. The molecule has 0 radical (unpaired) electrons. The third-order valence-electron chi connectivity index (χ3n) is 2.88. The number of anilines is 2. The Labute approximate surface area is 129 Å². The van der Waals surface area contributed by atoms with Crippen LogP contribution in [0, 0.1) is 12.7 Å². The number of aryl methyl sites for hydroxylation is 1. The lowest BCUT2D eigenvalue weighted by molar-refractivity contribution is 0.598. The smallest absolute Gasteiger partial charge is 0.262 e. The summed E-state index contributed by atoms with van der Waals surface area (Å²) in [4.78, 5) is 4.18. The molecule has 5 nitrogen and oxygen atoms in total. The molecule has 2 rings (SSSR count). The number of halogens is 1. The molecule has 1 aromatic heterocycles. The van der Waals surface area contributed by atoms with Crippen molar-refractivity contribution in [1.82, 2.24) is 4.98 Å². The highest BCUT2D eigenvalue weighted by Crippen LogP contribution is 2.20. The molecule has 2 N–H and O–H groups in total. The normalized spacial score (nSPS) is 11.5. The summed E-state index contributed by atoms with van der Waals surface area (Å²) in [7, 11) is -3.77. The highest BCUT2D eigenvalue weighted by molar-refractivity contribution is 7.92. The average Bonchev–Trinajstić information content (AvgIpc) is 2.39. The number of benzene rings is 1. The first kappa shape index (κ1) is 16.2. The Bertz CT molecular complexity index is 759. The molecule has 0 aliphatic rings. The first-order valence-electron chi connectivity index (χ1n) is 6.79. The first-order valence-corrected chi connectivity index (χ1v) is 8.28. The Kier molecular flexibility index (Phi) is 4.65. The molecule has 0 unspecified atom stereocenters. The van der Waals surface area contributed by atoms with E-state index < -0.39 is 15.8 Å². The van der Waals surface area contributed by atoms with Crippen LogP contribution in [0.25, 0.3) is 0 Å². The van der Waals surface area contributed by atoms with Gasteiger partial charge in [-0.15, -0.1) is 0 Å². The minimum absolute atomic E-state index is 0.0401. The number of aromatic nitrogens is 1. The topological polar surface area (TPSA) is 71.1 Å². The van der Waals surface area contributed by atoms with Crippen molar-refractivity contribution >= 4 is 21.5 Å². The second kappa shape index (κ2) is 6.31. The predicted octanol–water partition coefficient (Wildman–Crippen LogP) is 3.15. The van der Waals surface area contributed by atoms with E-state index in [2.05, 4.69) is 15.0 Å². The van der Waals surface area contributed by atoms with Gasteiger partial charge >= 0.3 is 0 Å². The van der Waals surface area contributed by atoms with Gasteiger partial charge in [-0.05, 0) is 56.7 Å². The zero-order valence-electron chi connectivity index (χ0n) is 12.6. The van der Waals surface area contributed by atoms with Gasteiger partial charge in [-0.3, -0.25) is 4.72 Å². The van der Waals surface area contributed by atoms with Crippen molar-refractivity contribution in [1.29, 1.82) is 0 Å². The monoisotopic (exact) mass is 323 g/mol. The maximum atomic E-state index is 13.1. The van der Waals surface area contributed by atoms with Crippen molar-refractivity contribution < 1.29 is 12.8 Å². The highest BCUT2D eigenvalue weighted by Gasteiger charge is 2.17. The van der Waals surface area contributed by atoms with Gasteiger partial charge in [0.05, 0.1) is 16.8 Å². The van der Waals surface area contributed by atoms with Gasteiger partial charge in [0, 0.05) is 6.04 Å². The van der Waals surface area contributed by atoms with Crippen LogP contribution in [0.1, 0.15) is 19.4 Å². The lowest BCUT2D eigenvalue weighted by Crippen LogP contribution is -2.15. The molecular weight excluding hydrogens is 305 g/mol. The van der Waals surface area contributed by atoms with Crippen molar-refractivity contribution in [2.45, 2.75) is 31.7 Å². The number of pyridine rings is 1. The summed E-state index contributed by atoms with van der Waals surface area (Å²) < 4.78 is 40.2. The number of rotatable bonds is 5. The molecule has 0 atom stereocenters. The van der Waals surface area contributed by atoms with Gasteiger partial charge < -0.3 is 5.32 Å². The van der Waals surface area contributed by atoms with Crippen molar-refractivity contribution in [2.24, 2.45) is 0 Å². The van der Waals surface area contributed by atoms with E-state index >= 15 is 0 Å². The maximum Gasteiger partial charge on any atom is 0.262 e. The van der Waals surface area contributed by atoms with Crippen LogP contribution in [0.2, 0.25) is 0 Å². The largest absolute Gasteiger partial charge is 0.368 e. The van der Waals surface area contributed by atoms with E-state index in [-0.39, 0.29) is 10.9 Å². The summed E-state index contributed by atoms with van der Waals surface area (Å²) in [5.74, 6) is 0.193. The van der Waals surface area contributed by atoms with Crippen LogP contribution in [0.3, 0.4) is 0 Å². The van der Waals surface area contributed by atoms with Crippen LogP contribution in [-0.4, -0.2) is 19.4 Å². The maximum absolute atomic E-state index is 13.1. The van der Waals surface area contributed by atoms with Crippen LogP contribution in [-0.2, 0) is 10.0 Å². The molecule has 0 amide bonds. The quantitative estimate of drug-likeness (QED) is 0.887. The molecule has 0 saturated heterocycles. The van der Waals surface area contributed by atoms with E-state index in [0.29, 0.717) is 17.1 Å². The van der Waals surface area contributed by atoms with Crippen LogP contribution in [0.15, 0.2) is 41.4 Å². The van der Waals surface area contributed by atoms with Gasteiger partial charge in [-0.25, -0.2) is 17.8 Å². The number of hydrogen-bond donors (Lipinski definition) is 2. The molecule has 0 fully saturated rings. The van der Waals surface area contributed by atoms with E-state index in [1.54, 1.807) is 19.1 Å². The summed E-state index contributed by atoms with van der Waals surface area (Å²) in [5, 5.41) is 3.11. The molecule has 1 aromatic carbocycles. The standard InChI is InChI=1S/C15H18FN3O2S/c1-10(2)18-15-7-5-13(9-17-15)19-22(20,21)14-6-4-12(16)8-11(14)3/h4-10,19H,1-3H3,(H,17,18). The molecule has 0 aliphatic carbocycles. The molecule has 118 valence electrons. The molecular formula is C15H18FN3O2S. The minimum Gasteiger partial charge on any atom is -0.368 e. The summed E-state index contributed by atoms with van der Waals surface area (Å²) in [6.07, 6.45) is 1.43. The van der Waals surface area contributed by atoms with E-state index in [9.17, 15) is 12.8 Å². The molecule has 0 aliphatic heterocycles. The van der Waals surface area contributed by atoms with E-state index in [1.807, 2.05) is 13.8 Å². The summed E-state index contributed by atoms with van der Waals surface area (Å²) in [5.41, 5.74) is 0.691. The van der Waals surface area contributed by atoms with Gasteiger partial charge in [-0.1, -0.05) is 0 Å². The zero-order chi connectivity index (χ0) is 16.3. The summed E-state index contributed by atoms with van der Waals surface area (Å²) >= 11 is 0. The van der Waals surface area contributed by atoms with Crippen LogP contribution >= 0.6 is 0 Å². The van der Waals surface area contributed by atoms with Gasteiger partial charge in [-0.2, -0.15) is 0 Å². The molecule has 7 heteroatoms. The number of nitrogens with one attached hydrogen (secondary N) is 2. The molecule has 0 bridgehead atoms. The lowest BCUT2D eigenvalue weighted by Gasteiger charge is -2.12. The van der Waals surface area contributed by atoms with E-state index in [0.717, 1.165) is 6.07 Å². The molecule has 22 heavy (non-hydrogen) atoms. The fourth-order valence-corrected chi connectivity index (χ4v) is 3.23. The Balaban J connectivity index is 2.21. The van der Waals surface area contributed by atoms with Crippen LogP contribution in [0.5, 0.6) is 0 Å². The predicted molar refractivity (Wildman–Crippen MR) is 84.9 cm³/mol. The zero-order valence-corrected chi connectivity index (χ0v) is 13.4. The highest BCUT2D eigenvalue weighted by atomic mass is 32.2. The van der Waals surface area contributed by atoms with Crippen molar-refractivity contribution in [3.63, 3.8) is 0 Å². The summed E-state index contributed by atoms with van der Waals surface area (Å²) in [6, 6.07) is 7.09. The summed E-state index contributed by atoms with van der Waals surface area (Å²) in [6.45, 7) is 5.51. The fraction of sp³-hybridized carbons (Fsp3) is 0.267. The molecule has 1 heterocycles. The van der Waals surface area contributed by atoms with Gasteiger partial charge in [0.2, 0.25) is 0 Å². The van der Waals surface area contributed by atoms with Gasteiger partial charge in [0.25, 0.3) is 10.0 Å². The van der Waals surface area contributed by atoms with E-state index in [4.69, 9.17) is 0 Å². The number of nitrogens with zero attached hydrogens (tertiary/aromatic N) is 1. The Morgan fingerprint density at radius 2 is 1.91 bits per heavy atom. The third-order valence-corrected chi connectivity index (χ3v) is 4.42. The number of sulfonamides is 1. The van der Waals surface area contributed by atoms with Crippen LogP contribution < -0.4 is 10.0 Å². The second-order valence-electron chi connectivity index (χ2n) is 5.25. The van der Waals surface area contributed by atoms with Gasteiger partial charge in [0.1, 0.15) is 11.6 Å². The van der Waals surface area contributed by atoms with E-state index in [1.165, 1.54) is 18.3 Å². The molecule has 0 spiro atoms. The van der Waals surface area contributed by atoms with Crippen molar-refractivity contribution in [2.75, 3.05) is 10.0 Å². The Hall–Kier alpha value is -2.15. The van der Waals surface area contributed by atoms with Crippen molar-refractivity contribution in [3.05, 3.63) is 47.9 Å². The lowest BCUT2D eigenvalue weighted by atomic mass is 10.2. The minimum atomic E-state index is -3.77. The molecule has 0 saturated carbocycles. The Morgan fingerprint density at radius 3 is 2.45 bits per heavy atom. The average molecular weight is 323 g/mol. The number of hydrogen-bond acceptors (Lipinski definition) is 4. The SMILES string of the molecule is Cc1cc(F)ccc1S(=O)(=O)Nc1ccc(NC(C)C)nc1. The second-order valence-corrected chi connectivity index (χ2v) is 6.90. The van der Waals surface area contributed by atoms with Crippen molar-refractivity contribution in [3.8, 4) is 0 Å². The third kappa shape index (κ3) is 3.94. The van der Waals surface area contributed by atoms with Crippen LogP contribution in [0.4, 0.5) is 15.9 Å².